The molecule has 2 aromatic rings. The fourth-order valence-electron chi connectivity index (χ4n) is 4.67. The van der Waals surface area contributed by atoms with Crippen molar-refractivity contribution in [2.75, 3.05) is 32.8 Å². The molecular formula is C24H33N3O3. The van der Waals surface area contributed by atoms with Crippen molar-refractivity contribution in [3.8, 4) is 5.75 Å². The Labute approximate surface area is 179 Å². The third-order valence-corrected chi connectivity index (χ3v) is 6.40. The summed E-state index contributed by atoms with van der Waals surface area (Å²) in [5.74, 6) is 1.38. The number of carbonyl (C=O) groups is 1. The molecule has 4 rings (SSSR count). The molecule has 0 saturated carbocycles. The smallest absolute Gasteiger partial charge is 0.276 e. The summed E-state index contributed by atoms with van der Waals surface area (Å²) in [6, 6.07) is 9.09. The maximum absolute atomic E-state index is 13.0. The zero-order chi connectivity index (χ0) is 20.8. The molecule has 1 unspecified atom stereocenters. The van der Waals surface area contributed by atoms with E-state index in [1.54, 1.807) is 6.92 Å². The van der Waals surface area contributed by atoms with Crippen LogP contribution in [0.25, 0.3) is 0 Å². The molecule has 0 aliphatic carbocycles. The second-order valence-corrected chi connectivity index (χ2v) is 8.48. The van der Waals surface area contributed by atoms with Crippen molar-refractivity contribution in [3.05, 3.63) is 47.7 Å². The van der Waals surface area contributed by atoms with Crippen LogP contribution < -0.4 is 4.74 Å². The molecule has 30 heavy (non-hydrogen) atoms. The van der Waals surface area contributed by atoms with Crippen molar-refractivity contribution in [1.82, 2.24) is 14.8 Å². The Bertz CT molecular complexity index is 835. The molecule has 1 saturated heterocycles. The lowest BCUT2D eigenvalue weighted by Crippen LogP contribution is -2.41. The highest BCUT2D eigenvalue weighted by atomic mass is 16.5. The van der Waals surface area contributed by atoms with Crippen LogP contribution in [-0.2, 0) is 6.42 Å². The third-order valence-electron chi connectivity index (χ3n) is 6.40. The summed E-state index contributed by atoms with van der Waals surface area (Å²) < 4.78 is 11.3. The van der Waals surface area contributed by atoms with Crippen LogP contribution in [-0.4, -0.2) is 59.5 Å². The molecule has 3 heterocycles. The van der Waals surface area contributed by atoms with Gasteiger partial charge in [-0.15, -0.1) is 0 Å². The highest BCUT2D eigenvalue weighted by Gasteiger charge is 2.23. The number of carbonyl (C=O) groups excluding carboxylic acids is 1. The summed E-state index contributed by atoms with van der Waals surface area (Å²) in [7, 11) is 0. The number of ether oxygens (including phenoxy) is 1. The van der Waals surface area contributed by atoms with Crippen LogP contribution >= 0.6 is 0 Å². The average molecular weight is 412 g/mol. The van der Waals surface area contributed by atoms with Gasteiger partial charge in [0.15, 0.2) is 12.1 Å². The number of hydrogen-bond acceptors (Lipinski definition) is 5. The summed E-state index contributed by atoms with van der Waals surface area (Å²) in [6.07, 6.45) is 9.67. The molecule has 1 fully saturated rings. The lowest BCUT2D eigenvalue weighted by atomic mass is 9.95. The molecule has 6 nitrogen and oxygen atoms in total. The van der Waals surface area contributed by atoms with E-state index in [1.807, 2.05) is 11.0 Å². The van der Waals surface area contributed by atoms with Gasteiger partial charge in [0.25, 0.3) is 5.91 Å². The summed E-state index contributed by atoms with van der Waals surface area (Å²) in [6.45, 7) is 5.84. The molecule has 6 heteroatoms. The van der Waals surface area contributed by atoms with Crippen molar-refractivity contribution in [1.29, 1.82) is 0 Å². The minimum absolute atomic E-state index is 0.0706. The normalized spacial score (nSPS) is 21.8. The number of rotatable bonds is 1. The number of fused-ring (bicyclic) bond motifs is 3. The lowest BCUT2D eigenvalue weighted by molar-refractivity contribution is 0.0714. The minimum atomic E-state index is -0.0706. The first-order chi connectivity index (χ1) is 14.7. The Hall–Kier alpha value is -2.34. The van der Waals surface area contributed by atoms with E-state index in [9.17, 15) is 4.79 Å². The summed E-state index contributed by atoms with van der Waals surface area (Å²) in [5.41, 5.74) is 1.74. The Morgan fingerprint density at radius 3 is 2.73 bits per heavy atom. The van der Waals surface area contributed by atoms with Gasteiger partial charge < -0.3 is 19.0 Å². The van der Waals surface area contributed by atoms with E-state index < -0.39 is 0 Å². The van der Waals surface area contributed by atoms with Gasteiger partial charge in [-0.1, -0.05) is 18.6 Å². The first-order valence-electron chi connectivity index (χ1n) is 11.4. The largest absolute Gasteiger partial charge is 0.492 e. The fourth-order valence-corrected chi connectivity index (χ4v) is 4.67. The number of nitrogens with zero attached hydrogens (tertiary/aromatic N) is 3. The van der Waals surface area contributed by atoms with Gasteiger partial charge in [0.2, 0.25) is 0 Å². The van der Waals surface area contributed by atoms with E-state index in [-0.39, 0.29) is 5.91 Å². The molecule has 1 aromatic carbocycles. The highest BCUT2D eigenvalue weighted by molar-refractivity contribution is 5.93. The number of amides is 1. The molecule has 162 valence electrons. The van der Waals surface area contributed by atoms with Crippen LogP contribution in [0.15, 0.2) is 35.1 Å². The number of benzene rings is 1. The van der Waals surface area contributed by atoms with E-state index in [0.29, 0.717) is 37.2 Å². The molecule has 0 N–H and O–H groups in total. The van der Waals surface area contributed by atoms with Gasteiger partial charge in [0.05, 0.1) is 6.54 Å². The third kappa shape index (κ3) is 5.22. The first kappa shape index (κ1) is 20.9. The Kier molecular flexibility index (Phi) is 7.05. The van der Waals surface area contributed by atoms with Crippen molar-refractivity contribution < 1.29 is 13.9 Å². The van der Waals surface area contributed by atoms with Gasteiger partial charge in [0.1, 0.15) is 18.1 Å². The van der Waals surface area contributed by atoms with Gasteiger partial charge in [-0.25, -0.2) is 4.98 Å². The zero-order valence-corrected chi connectivity index (χ0v) is 18.0. The number of oxazole rings is 1. The molecule has 1 amide bonds. The first-order valence-corrected chi connectivity index (χ1v) is 11.4. The van der Waals surface area contributed by atoms with Crippen molar-refractivity contribution in [2.45, 2.75) is 57.9 Å². The number of hydrogen-bond donors (Lipinski definition) is 0. The SMILES string of the molecule is Cc1ocnc1C(=O)N1CCCCN2CCCCC2CCc2cccc(c2)OCC1. The molecular weight excluding hydrogens is 378 g/mol. The highest BCUT2D eigenvalue weighted by Crippen LogP contribution is 2.23. The van der Waals surface area contributed by atoms with E-state index in [4.69, 9.17) is 9.15 Å². The van der Waals surface area contributed by atoms with Gasteiger partial charge in [-0.05, 0) is 76.2 Å². The minimum Gasteiger partial charge on any atom is -0.492 e. The second-order valence-electron chi connectivity index (χ2n) is 8.48. The van der Waals surface area contributed by atoms with Crippen molar-refractivity contribution in [3.63, 3.8) is 0 Å². The topological polar surface area (TPSA) is 58.8 Å². The van der Waals surface area contributed by atoms with Crippen molar-refractivity contribution >= 4 is 5.91 Å². The lowest BCUT2D eigenvalue weighted by Gasteiger charge is -2.36. The van der Waals surface area contributed by atoms with Crippen LogP contribution in [0, 0.1) is 6.92 Å². The molecule has 2 bridgehead atoms. The molecule has 1 atom stereocenters. The van der Waals surface area contributed by atoms with Crippen LogP contribution in [0.2, 0.25) is 0 Å². The molecule has 1 aromatic heterocycles. The van der Waals surface area contributed by atoms with Crippen LogP contribution in [0.4, 0.5) is 0 Å². The average Bonchev–Trinajstić information content (AvgIpc) is 3.19. The van der Waals surface area contributed by atoms with E-state index in [1.165, 1.54) is 44.2 Å². The maximum Gasteiger partial charge on any atom is 0.276 e. The molecule has 0 spiro atoms. The molecule has 2 aliphatic heterocycles. The standard InChI is InChI=1S/C24H33N3O3/c1-19-23(25-18-30-19)24(28)27-14-5-4-13-26-12-3-2-8-21(26)11-10-20-7-6-9-22(17-20)29-16-15-27/h6-7,9,17-18,21H,2-5,8,10-16H2,1H3. The summed E-state index contributed by atoms with van der Waals surface area (Å²) in [5, 5.41) is 0. The molecule has 0 radical (unpaired) electrons. The monoisotopic (exact) mass is 411 g/mol. The fraction of sp³-hybridized carbons (Fsp3) is 0.583. The van der Waals surface area contributed by atoms with E-state index >= 15 is 0 Å². The second kappa shape index (κ2) is 10.1. The Morgan fingerprint density at radius 1 is 1.07 bits per heavy atom. The van der Waals surface area contributed by atoms with Crippen molar-refractivity contribution in [2.24, 2.45) is 0 Å². The van der Waals surface area contributed by atoms with Gasteiger partial charge >= 0.3 is 0 Å². The Balaban J connectivity index is 1.49. The summed E-state index contributed by atoms with van der Waals surface area (Å²) >= 11 is 0. The van der Waals surface area contributed by atoms with Gasteiger partial charge in [0, 0.05) is 12.6 Å². The van der Waals surface area contributed by atoms with Crippen LogP contribution in [0.3, 0.4) is 0 Å². The summed E-state index contributed by atoms with van der Waals surface area (Å²) in [4.78, 5) is 21.7. The number of aromatic nitrogens is 1. The van der Waals surface area contributed by atoms with Gasteiger partial charge in [-0.3, -0.25) is 4.79 Å². The number of piperidine rings is 1. The van der Waals surface area contributed by atoms with Crippen LogP contribution in [0.1, 0.15) is 60.3 Å². The van der Waals surface area contributed by atoms with E-state index in [0.717, 1.165) is 31.6 Å². The van der Waals surface area contributed by atoms with Crippen LogP contribution in [0.5, 0.6) is 5.75 Å². The predicted octanol–water partition coefficient (Wildman–Crippen LogP) is 4.09. The van der Waals surface area contributed by atoms with E-state index in [2.05, 4.69) is 28.1 Å². The Morgan fingerprint density at radius 2 is 1.90 bits per heavy atom. The maximum atomic E-state index is 13.0. The zero-order valence-electron chi connectivity index (χ0n) is 18.0. The molecule has 2 aliphatic rings. The number of aryl methyl sites for hydroxylation is 2. The quantitative estimate of drug-likeness (QED) is 0.708. The van der Waals surface area contributed by atoms with Gasteiger partial charge in [-0.2, -0.15) is 0 Å². The predicted molar refractivity (Wildman–Crippen MR) is 116 cm³/mol.